The first-order chi connectivity index (χ1) is 9.42. The number of rotatable bonds is 11. The fourth-order valence-corrected chi connectivity index (χ4v) is 2.61. The topological polar surface area (TPSA) is 64.9 Å². The number of nitrogens with zero attached hydrogens (tertiary/aromatic N) is 4. The van der Waals surface area contributed by atoms with Gasteiger partial charge in [-0.05, 0) is 49.6 Å². The van der Waals surface area contributed by atoms with Crippen molar-refractivity contribution in [3.63, 3.8) is 0 Å². The predicted octanol–water partition coefficient (Wildman–Crippen LogP) is 1.51. The van der Waals surface area contributed by atoms with Gasteiger partial charge < -0.3 is 10.1 Å². The molecule has 0 aliphatic heterocycles. The number of nitrogens with one attached hydrogen (secondary N) is 1. The van der Waals surface area contributed by atoms with E-state index in [-0.39, 0.29) is 0 Å². The Hall–Kier alpha value is -0.660. The largest absolute Gasteiger partial charge is 0.382 e. The van der Waals surface area contributed by atoms with Crippen molar-refractivity contribution in [2.45, 2.75) is 43.8 Å². The second-order valence-corrected chi connectivity index (χ2v) is 5.70. The molecule has 6 nitrogen and oxygen atoms in total. The van der Waals surface area contributed by atoms with E-state index in [1.165, 1.54) is 19.3 Å². The highest BCUT2D eigenvalue weighted by Crippen LogP contribution is 2.36. The average Bonchev–Trinajstić information content (AvgIpc) is 3.16. The van der Waals surface area contributed by atoms with Gasteiger partial charge in [0.1, 0.15) is 0 Å². The molecule has 1 aliphatic rings. The van der Waals surface area contributed by atoms with Crippen LogP contribution in [0.5, 0.6) is 0 Å². The third-order valence-electron chi connectivity index (χ3n) is 2.96. The molecule has 1 heterocycles. The van der Waals surface area contributed by atoms with Gasteiger partial charge in [0.15, 0.2) is 0 Å². The Balaban J connectivity index is 1.46. The lowest BCUT2D eigenvalue weighted by Crippen LogP contribution is -2.19. The van der Waals surface area contributed by atoms with E-state index in [1.807, 2.05) is 11.6 Å². The van der Waals surface area contributed by atoms with E-state index in [4.69, 9.17) is 4.74 Å². The molecule has 1 aromatic rings. The van der Waals surface area contributed by atoms with Crippen molar-refractivity contribution in [3.8, 4) is 0 Å². The van der Waals surface area contributed by atoms with Crippen LogP contribution in [0.1, 0.15) is 38.6 Å². The molecule has 1 N–H and O–H groups in total. The van der Waals surface area contributed by atoms with Gasteiger partial charge in [-0.3, -0.25) is 0 Å². The molecule has 1 aromatic heterocycles. The number of tetrazole rings is 1. The second kappa shape index (κ2) is 8.50. The van der Waals surface area contributed by atoms with Crippen LogP contribution in [0.4, 0.5) is 0 Å². The first-order valence-corrected chi connectivity index (χ1v) is 8.09. The number of thioether (sulfide) groups is 1. The minimum Gasteiger partial charge on any atom is -0.382 e. The van der Waals surface area contributed by atoms with Crippen LogP contribution in [-0.2, 0) is 4.74 Å². The summed E-state index contributed by atoms with van der Waals surface area (Å²) >= 11 is 1.73. The number of hydrogen-bond donors (Lipinski definition) is 1. The van der Waals surface area contributed by atoms with Gasteiger partial charge in [-0.25, -0.2) is 4.68 Å². The molecule has 1 fully saturated rings. The summed E-state index contributed by atoms with van der Waals surface area (Å²) in [5.41, 5.74) is 0. The quantitative estimate of drug-likeness (QED) is 0.491. The molecule has 108 valence electrons. The zero-order chi connectivity index (χ0) is 13.3. The fourth-order valence-electron chi connectivity index (χ4n) is 1.77. The molecule has 0 bridgehead atoms. The Morgan fingerprint density at radius 2 is 2.26 bits per heavy atom. The zero-order valence-electron chi connectivity index (χ0n) is 11.5. The molecular weight excluding hydrogens is 262 g/mol. The molecule has 0 amide bonds. The molecular formula is C12H23N5OS. The van der Waals surface area contributed by atoms with Crippen LogP contribution < -0.4 is 5.32 Å². The van der Waals surface area contributed by atoms with E-state index in [9.17, 15) is 0 Å². The van der Waals surface area contributed by atoms with Crippen LogP contribution in [0.2, 0.25) is 0 Å². The van der Waals surface area contributed by atoms with Crippen molar-refractivity contribution in [2.24, 2.45) is 0 Å². The summed E-state index contributed by atoms with van der Waals surface area (Å²) in [6.07, 6.45) is 4.74. The molecule has 19 heavy (non-hydrogen) atoms. The molecule has 0 unspecified atom stereocenters. The van der Waals surface area contributed by atoms with Gasteiger partial charge in [-0.15, -0.1) is 5.10 Å². The van der Waals surface area contributed by atoms with Crippen LogP contribution in [-0.4, -0.2) is 52.3 Å². The molecule has 0 spiro atoms. The van der Waals surface area contributed by atoms with E-state index in [1.54, 1.807) is 11.8 Å². The normalized spacial score (nSPS) is 15.0. The molecule has 0 atom stereocenters. The second-order valence-electron chi connectivity index (χ2n) is 4.64. The first-order valence-electron chi connectivity index (χ1n) is 7.11. The minimum absolute atomic E-state index is 0.559. The number of unbranched alkanes of at least 4 members (excludes halogenated alkanes) is 1. The van der Waals surface area contributed by atoms with Gasteiger partial charge in [-0.2, -0.15) is 0 Å². The summed E-state index contributed by atoms with van der Waals surface area (Å²) in [7, 11) is 0. The molecule has 7 heteroatoms. The van der Waals surface area contributed by atoms with Crippen LogP contribution >= 0.6 is 11.8 Å². The van der Waals surface area contributed by atoms with Crippen molar-refractivity contribution in [3.05, 3.63) is 0 Å². The summed E-state index contributed by atoms with van der Waals surface area (Å²) in [6, 6.07) is 0.559. The maximum absolute atomic E-state index is 5.29. The summed E-state index contributed by atoms with van der Waals surface area (Å²) in [5.74, 6) is 1.01. The number of hydrogen-bond acceptors (Lipinski definition) is 6. The standard InChI is InChI=1S/C12H23N5OS/c1-2-18-9-4-3-7-13-8-10-19-12-14-15-16-17(12)11-5-6-11/h11,13H,2-10H2,1H3. The third kappa shape index (κ3) is 5.46. The Kier molecular flexibility index (Phi) is 6.59. The highest BCUT2D eigenvalue weighted by molar-refractivity contribution is 7.99. The molecule has 1 saturated carbocycles. The van der Waals surface area contributed by atoms with Crippen molar-refractivity contribution in [1.82, 2.24) is 25.5 Å². The molecule has 0 aromatic carbocycles. The van der Waals surface area contributed by atoms with Crippen molar-refractivity contribution in [1.29, 1.82) is 0 Å². The van der Waals surface area contributed by atoms with E-state index in [0.29, 0.717) is 6.04 Å². The molecule has 2 rings (SSSR count). The van der Waals surface area contributed by atoms with Crippen molar-refractivity contribution >= 4 is 11.8 Å². The van der Waals surface area contributed by atoms with E-state index in [0.717, 1.165) is 43.6 Å². The summed E-state index contributed by atoms with van der Waals surface area (Å²) in [5, 5.41) is 16.2. The van der Waals surface area contributed by atoms with Crippen molar-refractivity contribution in [2.75, 3.05) is 32.1 Å². The Labute approximate surface area is 118 Å². The lowest BCUT2D eigenvalue weighted by molar-refractivity contribution is 0.143. The number of ether oxygens (including phenoxy) is 1. The first kappa shape index (κ1) is 14.7. The van der Waals surface area contributed by atoms with Crippen molar-refractivity contribution < 1.29 is 4.74 Å². The monoisotopic (exact) mass is 285 g/mol. The summed E-state index contributed by atoms with van der Waals surface area (Å²) in [6.45, 7) is 5.78. The summed E-state index contributed by atoms with van der Waals surface area (Å²) in [4.78, 5) is 0. The molecule has 0 radical (unpaired) electrons. The molecule has 1 aliphatic carbocycles. The van der Waals surface area contributed by atoms with Gasteiger partial charge in [-0.1, -0.05) is 11.8 Å². The highest BCUT2D eigenvalue weighted by Gasteiger charge is 2.27. The highest BCUT2D eigenvalue weighted by atomic mass is 32.2. The van der Waals surface area contributed by atoms with Crippen LogP contribution in [0.25, 0.3) is 0 Å². The van der Waals surface area contributed by atoms with E-state index < -0.39 is 0 Å². The van der Waals surface area contributed by atoms with Gasteiger partial charge in [0.2, 0.25) is 5.16 Å². The summed E-state index contributed by atoms with van der Waals surface area (Å²) < 4.78 is 7.26. The van der Waals surface area contributed by atoms with E-state index in [2.05, 4.69) is 20.8 Å². The predicted molar refractivity (Wildman–Crippen MR) is 75.4 cm³/mol. The lowest BCUT2D eigenvalue weighted by Gasteiger charge is -2.05. The third-order valence-corrected chi connectivity index (χ3v) is 3.90. The van der Waals surface area contributed by atoms with Gasteiger partial charge >= 0.3 is 0 Å². The molecule has 0 saturated heterocycles. The Morgan fingerprint density at radius 3 is 3.05 bits per heavy atom. The van der Waals surface area contributed by atoms with E-state index >= 15 is 0 Å². The SMILES string of the molecule is CCOCCCCNCCSc1nnnn1C1CC1. The maximum atomic E-state index is 5.29. The van der Waals surface area contributed by atoms with Gasteiger partial charge in [0, 0.05) is 25.5 Å². The number of aromatic nitrogens is 4. The Bertz CT molecular complexity index is 356. The van der Waals surface area contributed by atoms with Crippen LogP contribution in [0, 0.1) is 0 Å². The Morgan fingerprint density at radius 1 is 1.37 bits per heavy atom. The minimum atomic E-state index is 0.559. The zero-order valence-corrected chi connectivity index (χ0v) is 12.4. The van der Waals surface area contributed by atoms with Gasteiger partial charge in [0.25, 0.3) is 0 Å². The van der Waals surface area contributed by atoms with Crippen LogP contribution in [0.15, 0.2) is 5.16 Å². The fraction of sp³-hybridized carbons (Fsp3) is 0.917. The lowest BCUT2D eigenvalue weighted by atomic mass is 10.3. The maximum Gasteiger partial charge on any atom is 0.209 e. The van der Waals surface area contributed by atoms with Gasteiger partial charge in [0.05, 0.1) is 6.04 Å². The smallest absolute Gasteiger partial charge is 0.209 e. The average molecular weight is 285 g/mol. The van der Waals surface area contributed by atoms with Crippen LogP contribution in [0.3, 0.4) is 0 Å².